The first-order chi connectivity index (χ1) is 13.9. The van der Waals surface area contributed by atoms with Gasteiger partial charge in [0.2, 0.25) is 0 Å². The van der Waals surface area contributed by atoms with Gasteiger partial charge >= 0.3 is 0 Å². The van der Waals surface area contributed by atoms with Crippen LogP contribution in [0.25, 0.3) is 0 Å². The maximum Gasteiger partial charge on any atom is 0.294 e. The zero-order valence-electron chi connectivity index (χ0n) is 17.1. The van der Waals surface area contributed by atoms with E-state index < -0.39 is 10.1 Å². The van der Waals surface area contributed by atoms with E-state index in [1.807, 2.05) is 24.3 Å². The Bertz CT molecular complexity index is 844. The summed E-state index contributed by atoms with van der Waals surface area (Å²) in [5.74, 6) is 0.332. The standard InChI is InChI=1S/C23H32O5S/c1-2-3-4-5-6-7-8-9-10-11-19-12-14-20(15-13-19)28-23-17-16-21(18-22(23)24)29(25,26)27/h12-18,24H,2-11H2,1H3,(H,25,26,27). The number of aryl methyl sites for hydroxylation is 1. The predicted molar refractivity (Wildman–Crippen MR) is 115 cm³/mol. The molecule has 0 atom stereocenters. The fraction of sp³-hybridized carbons (Fsp3) is 0.478. The summed E-state index contributed by atoms with van der Waals surface area (Å²) in [6.07, 6.45) is 12.8. The molecule has 5 nitrogen and oxygen atoms in total. The van der Waals surface area contributed by atoms with Crippen molar-refractivity contribution >= 4 is 10.1 Å². The summed E-state index contributed by atoms with van der Waals surface area (Å²) in [6, 6.07) is 11.1. The van der Waals surface area contributed by atoms with Gasteiger partial charge < -0.3 is 9.84 Å². The van der Waals surface area contributed by atoms with Gasteiger partial charge in [-0.25, -0.2) is 0 Å². The zero-order valence-corrected chi connectivity index (χ0v) is 18.0. The Morgan fingerprint density at radius 3 is 1.97 bits per heavy atom. The minimum Gasteiger partial charge on any atom is -0.504 e. The largest absolute Gasteiger partial charge is 0.504 e. The van der Waals surface area contributed by atoms with E-state index in [2.05, 4.69) is 6.92 Å². The highest BCUT2D eigenvalue weighted by atomic mass is 32.2. The van der Waals surface area contributed by atoms with Gasteiger partial charge in [-0.15, -0.1) is 0 Å². The van der Waals surface area contributed by atoms with Crippen molar-refractivity contribution in [3.05, 3.63) is 48.0 Å². The summed E-state index contributed by atoms with van der Waals surface area (Å²) in [6.45, 7) is 2.24. The number of phenolic OH excluding ortho intramolecular Hbond substituents is 1. The molecule has 6 heteroatoms. The monoisotopic (exact) mass is 420 g/mol. The molecule has 160 valence electrons. The molecule has 0 fully saturated rings. The molecule has 0 heterocycles. The second-order valence-corrected chi connectivity index (χ2v) is 8.85. The molecule has 0 aliphatic heterocycles. The number of phenols is 1. The van der Waals surface area contributed by atoms with Crippen molar-refractivity contribution in [2.45, 2.75) is 76.0 Å². The summed E-state index contributed by atoms with van der Waals surface area (Å²) in [4.78, 5) is -0.376. The van der Waals surface area contributed by atoms with Gasteiger partial charge in [-0.1, -0.05) is 70.4 Å². The molecule has 0 radical (unpaired) electrons. The molecule has 2 aromatic rings. The van der Waals surface area contributed by atoms with Crippen molar-refractivity contribution in [2.75, 3.05) is 0 Å². The molecule has 0 aliphatic rings. The molecule has 2 rings (SSSR count). The van der Waals surface area contributed by atoms with Crippen molar-refractivity contribution in [3.63, 3.8) is 0 Å². The zero-order chi connectivity index (χ0) is 21.1. The van der Waals surface area contributed by atoms with Gasteiger partial charge in [-0.05, 0) is 42.7 Å². The average Bonchev–Trinajstić information content (AvgIpc) is 2.68. The number of rotatable bonds is 13. The highest BCUT2D eigenvalue weighted by Crippen LogP contribution is 2.32. The fourth-order valence-electron chi connectivity index (χ4n) is 3.23. The molecule has 0 saturated carbocycles. The smallest absolute Gasteiger partial charge is 0.294 e. The van der Waals surface area contributed by atoms with E-state index in [-0.39, 0.29) is 16.4 Å². The van der Waals surface area contributed by atoms with Crippen LogP contribution in [-0.2, 0) is 16.5 Å². The Labute approximate surface area is 174 Å². The molecule has 0 unspecified atom stereocenters. The van der Waals surface area contributed by atoms with Crippen LogP contribution in [0.3, 0.4) is 0 Å². The molecule has 2 aromatic carbocycles. The van der Waals surface area contributed by atoms with Crippen LogP contribution < -0.4 is 4.74 Å². The van der Waals surface area contributed by atoms with Crippen molar-refractivity contribution in [2.24, 2.45) is 0 Å². The van der Waals surface area contributed by atoms with E-state index in [0.717, 1.165) is 12.5 Å². The topological polar surface area (TPSA) is 83.8 Å². The van der Waals surface area contributed by atoms with Crippen LogP contribution in [0.5, 0.6) is 17.2 Å². The lowest BCUT2D eigenvalue weighted by atomic mass is 10.0. The van der Waals surface area contributed by atoms with Gasteiger partial charge in [0, 0.05) is 6.07 Å². The fourth-order valence-corrected chi connectivity index (χ4v) is 3.74. The SMILES string of the molecule is CCCCCCCCCCCc1ccc(Oc2ccc(S(=O)(=O)O)cc2O)cc1. The highest BCUT2D eigenvalue weighted by molar-refractivity contribution is 7.85. The van der Waals surface area contributed by atoms with Crippen LogP contribution in [0, 0.1) is 0 Å². The Kier molecular flexibility index (Phi) is 9.48. The summed E-state index contributed by atoms with van der Waals surface area (Å²) >= 11 is 0. The summed E-state index contributed by atoms with van der Waals surface area (Å²) in [5.41, 5.74) is 1.24. The Hall–Kier alpha value is -2.05. The van der Waals surface area contributed by atoms with Crippen LogP contribution in [-0.4, -0.2) is 18.1 Å². The van der Waals surface area contributed by atoms with Crippen LogP contribution in [0.2, 0.25) is 0 Å². The van der Waals surface area contributed by atoms with Crippen LogP contribution in [0.1, 0.15) is 70.3 Å². The van der Waals surface area contributed by atoms with Gasteiger partial charge in [0.25, 0.3) is 10.1 Å². The van der Waals surface area contributed by atoms with E-state index in [1.165, 1.54) is 75.5 Å². The van der Waals surface area contributed by atoms with E-state index >= 15 is 0 Å². The quantitative estimate of drug-likeness (QED) is 0.285. The van der Waals surface area contributed by atoms with Gasteiger partial charge in [0.15, 0.2) is 11.5 Å². The maximum absolute atomic E-state index is 11.1. The average molecular weight is 421 g/mol. The van der Waals surface area contributed by atoms with Gasteiger partial charge in [-0.2, -0.15) is 8.42 Å². The molecular weight excluding hydrogens is 388 g/mol. The van der Waals surface area contributed by atoms with Crippen molar-refractivity contribution in [1.82, 2.24) is 0 Å². The third kappa shape index (κ3) is 8.46. The molecule has 0 spiro atoms. The van der Waals surface area contributed by atoms with E-state index in [9.17, 15) is 13.5 Å². The summed E-state index contributed by atoms with van der Waals surface area (Å²) in [5, 5.41) is 9.92. The second kappa shape index (κ2) is 11.8. The number of unbranched alkanes of at least 4 members (excludes halogenated alkanes) is 8. The number of ether oxygens (including phenoxy) is 1. The molecule has 0 amide bonds. The summed E-state index contributed by atoms with van der Waals surface area (Å²) < 4.78 is 36.8. The molecule has 2 N–H and O–H groups in total. The van der Waals surface area contributed by atoms with E-state index in [4.69, 9.17) is 9.29 Å². The van der Waals surface area contributed by atoms with E-state index in [0.29, 0.717) is 5.75 Å². The van der Waals surface area contributed by atoms with Crippen molar-refractivity contribution in [3.8, 4) is 17.2 Å². The second-order valence-electron chi connectivity index (χ2n) is 7.43. The first-order valence-corrected chi connectivity index (χ1v) is 11.9. The number of benzene rings is 2. The first-order valence-electron chi connectivity index (χ1n) is 10.5. The Morgan fingerprint density at radius 2 is 1.41 bits per heavy atom. The molecule has 29 heavy (non-hydrogen) atoms. The molecule has 0 saturated heterocycles. The van der Waals surface area contributed by atoms with E-state index in [1.54, 1.807) is 0 Å². The third-order valence-electron chi connectivity index (χ3n) is 4.95. The number of hydrogen-bond donors (Lipinski definition) is 2. The normalized spacial score (nSPS) is 11.5. The lowest BCUT2D eigenvalue weighted by molar-refractivity contribution is 0.408. The van der Waals surface area contributed by atoms with Crippen LogP contribution >= 0.6 is 0 Å². The minimum absolute atomic E-state index is 0.129. The maximum atomic E-state index is 11.1. The van der Waals surface area contributed by atoms with Gasteiger partial charge in [0.1, 0.15) is 5.75 Å². The predicted octanol–water partition coefficient (Wildman–Crippen LogP) is 6.50. The molecule has 0 bridgehead atoms. The summed E-state index contributed by atoms with van der Waals surface area (Å²) in [7, 11) is -4.36. The minimum atomic E-state index is -4.36. The van der Waals surface area contributed by atoms with Crippen molar-refractivity contribution in [1.29, 1.82) is 0 Å². The lowest BCUT2D eigenvalue weighted by Gasteiger charge is -2.09. The third-order valence-corrected chi connectivity index (χ3v) is 5.80. The van der Waals surface area contributed by atoms with Crippen LogP contribution in [0.4, 0.5) is 0 Å². The Balaban J connectivity index is 1.73. The van der Waals surface area contributed by atoms with Gasteiger partial charge in [0.05, 0.1) is 4.90 Å². The highest BCUT2D eigenvalue weighted by Gasteiger charge is 2.13. The number of aromatic hydroxyl groups is 1. The van der Waals surface area contributed by atoms with Crippen molar-refractivity contribution < 1.29 is 22.8 Å². The lowest BCUT2D eigenvalue weighted by Crippen LogP contribution is -1.97. The molecule has 0 aliphatic carbocycles. The Morgan fingerprint density at radius 1 is 0.828 bits per heavy atom. The first kappa shape index (κ1) is 23.2. The van der Waals surface area contributed by atoms with Crippen LogP contribution in [0.15, 0.2) is 47.4 Å². The molecule has 0 aromatic heterocycles. The van der Waals surface area contributed by atoms with Gasteiger partial charge in [-0.3, -0.25) is 4.55 Å². The number of hydrogen-bond acceptors (Lipinski definition) is 4. The molecular formula is C23H32O5S.